The Labute approximate surface area is 157 Å². The Balaban J connectivity index is 1.53. The number of aliphatic hydroxyl groups excluding tert-OH is 1. The third kappa shape index (κ3) is 4.87. The molecule has 2 aromatic carbocycles. The number of hydrogen-bond donors (Lipinski definition) is 2. The molecule has 3 rings (SSSR count). The summed E-state index contributed by atoms with van der Waals surface area (Å²) < 4.78 is 5.69. The fourth-order valence-electron chi connectivity index (χ4n) is 3.84. The second-order valence-corrected chi connectivity index (χ2v) is 8.01. The number of aryl methyl sites for hydroxylation is 2. The van der Waals surface area contributed by atoms with E-state index in [0.717, 1.165) is 37.9 Å². The number of hydrogen-bond acceptors (Lipinski definition) is 3. The van der Waals surface area contributed by atoms with Crippen LogP contribution in [0.25, 0.3) is 0 Å². The number of ether oxygens (including phenoxy) is 1. The normalized spacial score (nSPS) is 22.7. The lowest BCUT2D eigenvalue weighted by molar-refractivity contribution is 0.198. The molecule has 0 amide bonds. The molecule has 1 aliphatic carbocycles. The summed E-state index contributed by atoms with van der Waals surface area (Å²) in [5.74, 6) is 1.42. The molecule has 3 nitrogen and oxygen atoms in total. The summed E-state index contributed by atoms with van der Waals surface area (Å²) >= 11 is 0. The third-order valence-electron chi connectivity index (χ3n) is 5.41. The largest absolute Gasteiger partial charge is 0.491 e. The molecule has 3 N–H and O–H groups in total. The lowest BCUT2D eigenvalue weighted by Crippen LogP contribution is -2.40. The predicted octanol–water partition coefficient (Wildman–Crippen LogP) is 4.22. The number of benzene rings is 2. The molecule has 0 saturated heterocycles. The smallest absolute Gasteiger partial charge is 0.119 e. The fourth-order valence-corrected chi connectivity index (χ4v) is 3.84. The van der Waals surface area contributed by atoms with Gasteiger partial charge >= 0.3 is 0 Å². The van der Waals surface area contributed by atoms with E-state index in [-0.39, 0.29) is 18.2 Å². The van der Waals surface area contributed by atoms with E-state index < -0.39 is 0 Å². The Hall–Kier alpha value is -1.84. The Morgan fingerprint density at radius 2 is 1.62 bits per heavy atom. The molecule has 1 saturated carbocycles. The van der Waals surface area contributed by atoms with Crippen LogP contribution in [0, 0.1) is 0 Å². The van der Waals surface area contributed by atoms with Crippen LogP contribution < -0.4 is 10.5 Å². The van der Waals surface area contributed by atoms with Crippen molar-refractivity contribution >= 4 is 0 Å². The Kier molecular flexibility index (Phi) is 6.00. The maximum atomic E-state index is 9.44. The van der Waals surface area contributed by atoms with E-state index in [9.17, 15) is 5.11 Å². The Morgan fingerprint density at radius 3 is 2.12 bits per heavy atom. The van der Waals surface area contributed by atoms with Gasteiger partial charge in [-0.2, -0.15) is 0 Å². The second kappa shape index (κ2) is 8.24. The van der Waals surface area contributed by atoms with E-state index in [1.807, 2.05) is 13.8 Å². The van der Waals surface area contributed by atoms with Gasteiger partial charge in [0.25, 0.3) is 0 Å². The number of nitrogens with two attached hydrogens (primary N) is 1. The highest BCUT2D eigenvalue weighted by Crippen LogP contribution is 2.39. The molecule has 0 aromatic heterocycles. The van der Waals surface area contributed by atoms with Gasteiger partial charge in [-0.1, -0.05) is 36.4 Å². The molecule has 2 aromatic rings. The average molecular weight is 354 g/mol. The quantitative estimate of drug-likeness (QED) is 0.784. The summed E-state index contributed by atoms with van der Waals surface area (Å²) in [6, 6.07) is 17.4. The molecule has 3 heteroatoms. The van der Waals surface area contributed by atoms with Crippen LogP contribution >= 0.6 is 0 Å². The van der Waals surface area contributed by atoms with Crippen molar-refractivity contribution in [3.8, 4) is 5.75 Å². The average Bonchev–Trinajstić information content (AvgIpc) is 3.04. The van der Waals surface area contributed by atoms with Crippen molar-refractivity contribution in [2.24, 2.45) is 5.73 Å². The summed E-state index contributed by atoms with van der Waals surface area (Å²) in [6.45, 7) is 4.17. The molecule has 0 bridgehead atoms. The molecule has 2 atom stereocenters. The molecular formula is C23H31NO2. The van der Waals surface area contributed by atoms with E-state index in [4.69, 9.17) is 10.5 Å². The minimum absolute atomic E-state index is 0.0859. The van der Waals surface area contributed by atoms with Crippen molar-refractivity contribution in [2.45, 2.75) is 63.5 Å². The molecule has 0 heterocycles. The lowest BCUT2D eigenvalue weighted by Gasteiger charge is -2.21. The summed E-state index contributed by atoms with van der Waals surface area (Å²) in [6.07, 6.45) is 5.14. The molecule has 1 aliphatic rings. The number of rotatable bonds is 7. The van der Waals surface area contributed by atoms with Gasteiger partial charge in [0.2, 0.25) is 0 Å². The van der Waals surface area contributed by atoms with Gasteiger partial charge in [0, 0.05) is 5.54 Å². The van der Waals surface area contributed by atoms with Crippen molar-refractivity contribution in [3.63, 3.8) is 0 Å². The van der Waals surface area contributed by atoms with Gasteiger partial charge in [0.1, 0.15) is 5.75 Å². The van der Waals surface area contributed by atoms with Crippen LogP contribution in [0.2, 0.25) is 0 Å². The maximum Gasteiger partial charge on any atom is 0.119 e. The van der Waals surface area contributed by atoms with Gasteiger partial charge in [-0.15, -0.1) is 0 Å². The van der Waals surface area contributed by atoms with Crippen LogP contribution in [0.3, 0.4) is 0 Å². The summed E-state index contributed by atoms with van der Waals surface area (Å²) in [5.41, 5.74) is 9.86. The first-order valence-corrected chi connectivity index (χ1v) is 9.72. The van der Waals surface area contributed by atoms with Gasteiger partial charge in [0.05, 0.1) is 12.7 Å². The molecule has 0 aliphatic heterocycles. The van der Waals surface area contributed by atoms with E-state index in [2.05, 4.69) is 48.5 Å². The van der Waals surface area contributed by atoms with Crippen LogP contribution in [0.1, 0.15) is 55.7 Å². The summed E-state index contributed by atoms with van der Waals surface area (Å²) in [5, 5.41) is 9.44. The van der Waals surface area contributed by atoms with Crippen LogP contribution in [0.15, 0.2) is 48.5 Å². The van der Waals surface area contributed by atoms with Crippen LogP contribution in [-0.4, -0.2) is 23.4 Å². The minimum Gasteiger partial charge on any atom is -0.491 e. The standard InChI is InChI=1S/C23H31NO2/c1-17(2)26-22-11-7-19(8-12-22)4-3-18-5-9-20(10-6-18)21-13-14-23(24,15-21)16-25/h5-12,17,21,25H,3-4,13-16,24H2,1-2H3/t21-,23+/m1/s1. The monoisotopic (exact) mass is 353 g/mol. The summed E-state index contributed by atoms with van der Waals surface area (Å²) in [4.78, 5) is 0. The van der Waals surface area contributed by atoms with E-state index in [0.29, 0.717) is 5.92 Å². The van der Waals surface area contributed by atoms with Crippen LogP contribution in [0.4, 0.5) is 0 Å². The SMILES string of the molecule is CC(C)Oc1ccc(CCc2ccc([C@@H]3CC[C@@](N)(CO)C3)cc2)cc1. The summed E-state index contributed by atoms with van der Waals surface area (Å²) in [7, 11) is 0. The first kappa shape index (κ1) is 18.9. The van der Waals surface area contributed by atoms with Gasteiger partial charge in [-0.05, 0) is 80.7 Å². The highest BCUT2D eigenvalue weighted by atomic mass is 16.5. The van der Waals surface area contributed by atoms with Crippen LogP contribution in [-0.2, 0) is 12.8 Å². The molecular weight excluding hydrogens is 322 g/mol. The minimum atomic E-state index is -0.380. The van der Waals surface area contributed by atoms with Crippen molar-refractivity contribution < 1.29 is 9.84 Å². The van der Waals surface area contributed by atoms with Gasteiger partial charge in [-0.25, -0.2) is 0 Å². The first-order valence-electron chi connectivity index (χ1n) is 9.72. The zero-order valence-corrected chi connectivity index (χ0v) is 15.9. The molecule has 0 radical (unpaired) electrons. The second-order valence-electron chi connectivity index (χ2n) is 8.01. The molecule has 0 unspecified atom stereocenters. The van der Waals surface area contributed by atoms with Crippen molar-refractivity contribution in [3.05, 3.63) is 65.2 Å². The van der Waals surface area contributed by atoms with Crippen LogP contribution in [0.5, 0.6) is 5.75 Å². The molecule has 0 spiro atoms. The van der Waals surface area contributed by atoms with Gasteiger partial charge in [-0.3, -0.25) is 0 Å². The van der Waals surface area contributed by atoms with Crippen molar-refractivity contribution in [1.82, 2.24) is 0 Å². The molecule has 140 valence electrons. The van der Waals surface area contributed by atoms with Crippen molar-refractivity contribution in [2.75, 3.05) is 6.61 Å². The fraction of sp³-hybridized carbons (Fsp3) is 0.478. The lowest BCUT2D eigenvalue weighted by atomic mass is 9.92. The van der Waals surface area contributed by atoms with Crippen molar-refractivity contribution in [1.29, 1.82) is 0 Å². The zero-order valence-electron chi connectivity index (χ0n) is 15.9. The number of aliphatic hydroxyl groups is 1. The van der Waals surface area contributed by atoms with E-state index >= 15 is 0 Å². The Bertz CT molecular complexity index is 693. The Morgan fingerprint density at radius 1 is 1.04 bits per heavy atom. The highest BCUT2D eigenvalue weighted by Gasteiger charge is 2.35. The van der Waals surface area contributed by atoms with Gasteiger partial charge in [0.15, 0.2) is 0 Å². The van der Waals surface area contributed by atoms with Gasteiger partial charge < -0.3 is 15.6 Å². The molecule has 1 fully saturated rings. The topological polar surface area (TPSA) is 55.5 Å². The molecule has 26 heavy (non-hydrogen) atoms. The third-order valence-corrected chi connectivity index (χ3v) is 5.41. The predicted molar refractivity (Wildman–Crippen MR) is 107 cm³/mol. The maximum absolute atomic E-state index is 9.44. The van der Waals surface area contributed by atoms with E-state index in [1.54, 1.807) is 0 Å². The first-order chi connectivity index (χ1) is 12.5. The highest BCUT2D eigenvalue weighted by molar-refractivity contribution is 5.30. The van der Waals surface area contributed by atoms with E-state index in [1.165, 1.54) is 16.7 Å². The zero-order chi connectivity index (χ0) is 18.6.